The molecule has 2 amide bonds. The van der Waals surface area contributed by atoms with E-state index in [-0.39, 0.29) is 24.2 Å². The average molecular weight is 424 g/mol. The molecule has 154 valence electrons. The number of rotatable bonds is 8. The molecule has 1 saturated carbocycles. The Morgan fingerprint density at radius 1 is 0.967 bits per heavy atom. The van der Waals surface area contributed by atoms with Gasteiger partial charge in [0.2, 0.25) is 5.91 Å². The second-order valence-corrected chi connectivity index (χ2v) is 8.23. The summed E-state index contributed by atoms with van der Waals surface area (Å²) in [6.07, 6.45) is 2.06. The number of amides is 2. The van der Waals surface area contributed by atoms with Crippen LogP contribution in [-0.2, 0) is 11.3 Å². The van der Waals surface area contributed by atoms with Gasteiger partial charge in [0.1, 0.15) is 5.82 Å². The topological polar surface area (TPSA) is 61.4 Å². The van der Waals surface area contributed by atoms with Crippen LogP contribution in [0.2, 0.25) is 0 Å². The zero-order valence-electron chi connectivity index (χ0n) is 16.3. The van der Waals surface area contributed by atoms with Gasteiger partial charge in [-0.25, -0.2) is 4.39 Å². The van der Waals surface area contributed by atoms with E-state index in [4.69, 9.17) is 0 Å². The summed E-state index contributed by atoms with van der Waals surface area (Å²) in [4.78, 5) is 27.3. The van der Waals surface area contributed by atoms with Gasteiger partial charge in [-0.2, -0.15) is 0 Å². The molecule has 7 heteroatoms. The molecule has 2 N–H and O–H groups in total. The third-order valence-corrected chi connectivity index (χ3v) is 5.78. The Balaban J connectivity index is 1.32. The van der Waals surface area contributed by atoms with Crippen LogP contribution in [0.3, 0.4) is 0 Å². The molecule has 30 heavy (non-hydrogen) atoms. The van der Waals surface area contributed by atoms with E-state index in [0.29, 0.717) is 34.4 Å². The van der Waals surface area contributed by atoms with Gasteiger partial charge in [-0.05, 0) is 54.6 Å². The van der Waals surface area contributed by atoms with Crippen LogP contribution in [0.4, 0.5) is 15.8 Å². The SMILES string of the molecule is O=C(CN(Cc1ccccc1F)C1CC1)Nc1ccc(NC(=O)c2cccs2)cc1. The highest BCUT2D eigenvalue weighted by Crippen LogP contribution is 2.28. The van der Waals surface area contributed by atoms with Crippen molar-refractivity contribution in [2.24, 2.45) is 0 Å². The number of thiophene rings is 1. The monoisotopic (exact) mass is 423 g/mol. The van der Waals surface area contributed by atoms with Crippen molar-refractivity contribution in [2.75, 3.05) is 17.2 Å². The van der Waals surface area contributed by atoms with Crippen LogP contribution in [0.25, 0.3) is 0 Å². The maximum absolute atomic E-state index is 14.0. The van der Waals surface area contributed by atoms with Crippen molar-refractivity contribution in [1.82, 2.24) is 4.90 Å². The number of anilines is 2. The number of hydrogen-bond donors (Lipinski definition) is 2. The van der Waals surface area contributed by atoms with E-state index in [1.54, 1.807) is 42.5 Å². The molecule has 0 unspecified atom stereocenters. The zero-order chi connectivity index (χ0) is 20.9. The Bertz CT molecular complexity index is 1020. The lowest BCUT2D eigenvalue weighted by Crippen LogP contribution is -2.34. The van der Waals surface area contributed by atoms with Crippen molar-refractivity contribution in [1.29, 1.82) is 0 Å². The van der Waals surface area contributed by atoms with Crippen LogP contribution in [0.5, 0.6) is 0 Å². The lowest BCUT2D eigenvalue weighted by atomic mass is 10.2. The Morgan fingerprint density at radius 2 is 1.67 bits per heavy atom. The molecule has 0 aliphatic heterocycles. The first-order valence-corrected chi connectivity index (χ1v) is 10.7. The van der Waals surface area contributed by atoms with Crippen LogP contribution in [0.15, 0.2) is 66.0 Å². The minimum absolute atomic E-state index is 0.145. The fraction of sp³-hybridized carbons (Fsp3) is 0.217. The van der Waals surface area contributed by atoms with Crippen LogP contribution in [0.1, 0.15) is 28.1 Å². The van der Waals surface area contributed by atoms with Gasteiger partial charge in [0.25, 0.3) is 5.91 Å². The quantitative estimate of drug-likeness (QED) is 0.550. The van der Waals surface area contributed by atoms with Crippen LogP contribution < -0.4 is 10.6 Å². The molecule has 0 spiro atoms. The first-order valence-electron chi connectivity index (χ1n) is 9.81. The predicted molar refractivity (Wildman–Crippen MR) is 117 cm³/mol. The second kappa shape index (κ2) is 9.19. The van der Waals surface area contributed by atoms with Crippen molar-refractivity contribution in [3.63, 3.8) is 0 Å². The van der Waals surface area contributed by atoms with Crippen molar-refractivity contribution in [3.05, 3.63) is 82.3 Å². The van der Waals surface area contributed by atoms with Crippen LogP contribution >= 0.6 is 11.3 Å². The van der Waals surface area contributed by atoms with Gasteiger partial charge >= 0.3 is 0 Å². The molecule has 0 bridgehead atoms. The summed E-state index contributed by atoms with van der Waals surface area (Å²) in [7, 11) is 0. The van der Waals surface area contributed by atoms with Crippen molar-refractivity contribution < 1.29 is 14.0 Å². The molecule has 1 aromatic heterocycles. The highest BCUT2D eigenvalue weighted by Gasteiger charge is 2.30. The minimum atomic E-state index is -0.247. The first-order chi connectivity index (χ1) is 14.6. The summed E-state index contributed by atoms with van der Waals surface area (Å²) in [5.41, 5.74) is 1.91. The summed E-state index contributed by atoms with van der Waals surface area (Å²) in [6.45, 7) is 0.619. The lowest BCUT2D eigenvalue weighted by molar-refractivity contribution is -0.117. The number of halogens is 1. The number of carbonyl (C=O) groups excluding carboxylic acids is 2. The largest absolute Gasteiger partial charge is 0.325 e. The van der Waals surface area contributed by atoms with E-state index in [1.807, 2.05) is 22.4 Å². The van der Waals surface area contributed by atoms with Crippen molar-refractivity contribution in [3.8, 4) is 0 Å². The molecule has 1 aliphatic carbocycles. The molecule has 2 aromatic carbocycles. The Kier molecular flexibility index (Phi) is 6.21. The molecule has 5 nitrogen and oxygen atoms in total. The number of benzene rings is 2. The van der Waals surface area contributed by atoms with Gasteiger partial charge in [0.05, 0.1) is 11.4 Å². The Morgan fingerprint density at radius 3 is 2.30 bits per heavy atom. The Labute approximate surface area is 178 Å². The van der Waals surface area contributed by atoms with E-state index in [0.717, 1.165) is 12.8 Å². The summed E-state index contributed by atoms with van der Waals surface area (Å²) >= 11 is 1.38. The molecule has 1 heterocycles. The zero-order valence-corrected chi connectivity index (χ0v) is 17.1. The molecular formula is C23H22FN3O2S. The van der Waals surface area contributed by atoms with Crippen LogP contribution in [0, 0.1) is 5.82 Å². The summed E-state index contributed by atoms with van der Waals surface area (Å²) in [6, 6.07) is 17.6. The van der Waals surface area contributed by atoms with Crippen molar-refractivity contribution >= 4 is 34.5 Å². The second-order valence-electron chi connectivity index (χ2n) is 7.28. The molecule has 0 atom stereocenters. The standard InChI is InChI=1S/C23H22FN3O2S/c24-20-5-2-1-4-16(20)14-27(19-11-12-19)15-22(28)25-17-7-9-18(10-8-17)26-23(29)21-6-3-13-30-21/h1-10,13,19H,11-12,14-15H2,(H,25,28)(H,26,29). The average Bonchev–Trinajstić information content (AvgIpc) is 3.44. The van der Waals surface area contributed by atoms with Crippen molar-refractivity contribution in [2.45, 2.75) is 25.4 Å². The molecule has 0 radical (unpaired) electrons. The molecular weight excluding hydrogens is 401 g/mol. The number of nitrogens with one attached hydrogen (secondary N) is 2. The van der Waals surface area contributed by atoms with E-state index in [2.05, 4.69) is 10.6 Å². The van der Waals surface area contributed by atoms with E-state index in [1.165, 1.54) is 17.4 Å². The maximum atomic E-state index is 14.0. The highest BCUT2D eigenvalue weighted by atomic mass is 32.1. The summed E-state index contributed by atoms with van der Waals surface area (Å²) in [5.74, 6) is -0.549. The molecule has 4 rings (SSSR count). The summed E-state index contributed by atoms with van der Waals surface area (Å²) in [5, 5.41) is 7.56. The summed E-state index contributed by atoms with van der Waals surface area (Å²) < 4.78 is 14.0. The number of carbonyl (C=O) groups is 2. The fourth-order valence-electron chi connectivity index (χ4n) is 3.22. The molecule has 0 saturated heterocycles. The van der Waals surface area contributed by atoms with E-state index in [9.17, 15) is 14.0 Å². The Hall–Kier alpha value is -3.03. The lowest BCUT2D eigenvalue weighted by Gasteiger charge is -2.21. The van der Waals surface area contributed by atoms with E-state index >= 15 is 0 Å². The number of nitrogens with zero attached hydrogens (tertiary/aromatic N) is 1. The van der Waals surface area contributed by atoms with Gasteiger partial charge < -0.3 is 10.6 Å². The van der Waals surface area contributed by atoms with Crippen LogP contribution in [-0.4, -0.2) is 29.3 Å². The maximum Gasteiger partial charge on any atom is 0.265 e. The van der Waals surface area contributed by atoms with Gasteiger partial charge in [-0.15, -0.1) is 11.3 Å². The first kappa shape index (κ1) is 20.3. The van der Waals surface area contributed by atoms with Gasteiger partial charge in [-0.3, -0.25) is 14.5 Å². The minimum Gasteiger partial charge on any atom is -0.325 e. The van der Waals surface area contributed by atoms with E-state index < -0.39 is 0 Å². The third kappa shape index (κ3) is 5.31. The van der Waals surface area contributed by atoms with Gasteiger partial charge in [0.15, 0.2) is 0 Å². The highest BCUT2D eigenvalue weighted by molar-refractivity contribution is 7.12. The third-order valence-electron chi connectivity index (χ3n) is 4.91. The smallest absolute Gasteiger partial charge is 0.265 e. The van der Waals surface area contributed by atoms with Gasteiger partial charge in [-0.1, -0.05) is 24.3 Å². The molecule has 1 fully saturated rings. The normalized spacial score (nSPS) is 13.3. The predicted octanol–water partition coefficient (Wildman–Crippen LogP) is 4.74. The van der Waals surface area contributed by atoms with Gasteiger partial charge in [0, 0.05) is 29.5 Å². The number of hydrogen-bond acceptors (Lipinski definition) is 4. The fourth-order valence-corrected chi connectivity index (χ4v) is 3.84. The molecule has 1 aliphatic rings. The molecule has 3 aromatic rings.